The first-order chi connectivity index (χ1) is 9.00. The molecule has 0 spiro atoms. The van der Waals surface area contributed by atoms with E-state index in [0.29, 0.717) is 23.7 Å². The van der Waals surface area contributed by atoms with Gasteiger partial charge in [0.25, 0.3) is 0 Å². The molecule has 0 saturated heterocycles. The Morgan fingerprint density at radius 1 is 1.47 bits per heavy atom. The lowest BCUT2D eigenvalue weighted by molar-refractivity contribution is 0.277. The molecule has 5 nitrogen and oxygen atoms in total. The van der Waals surface area contributed by atoms with Crippen molar-refractivity contribution in [1.82, 2.24) is 9.78 Å². The molecule has 0 aliphatic carbocycles. The number of rotatable bonds is 4. The van der Waals surface area contributed by atoms with E-state index in [1.165, 1.54) is 0 Å². The van der Waals surface area contributed by atoms with E-state index in [1.807, 2.05) is 31.2 Å². The van der Waals surface area contributed by atoms with Gasteiger partial charge in [-0.05, 0) is 13.0 Å². The number of aryl methyl sites for hydroxylation is 2. The molecule has 3 N–H and O–H groups in total. The highest BCUT2D eigenvalue weighted by atomic mass is 79.9. The van der Waals surface area contributed by atoms with Gasteiger partial charge in [-0.25, -0.2) is 4.68 Å². The van der Waals surface area contributed by atoms with Gasteiger partial charge in [-0.1, -0.05) is 34.1 Å². The van der Waals surface area contributed by atoms with Crippen LogP contribution < -0.4 is 10.5 Å². The van der Waals surface area contributed by atoms with Crippen molar-refractivity contribution in [1.29, 1.82) is 5.41 Å². The van der Waals surface area contributed by atoms with Gasteiger partial charge in [0.1, 0.15) is 18.0 Å². The molecule has 19 heavy (non-hydrogen) atoms. The Hall–Kier alpha value is -1.82. The van der Waals surface area contributed by atoms with Crippen LogP contribution in [0.3, 0.4) is 0 Å². The molecular weight excluding hydrogens is 308 g/mol. The van der Waals surface area contributed by atoms with Gasteiger partial charge in [0.05, 0.1) is 5.69 Å². The fourth-order valence-electron chi connectivity index (χ4n) is 1.87. The Labute approximate surface area is 120 Å². The molecule has 1 aromatic heterocycles. The largest absolute Gasteiger partial charge is 0.472 e. The topological polar surface area (TPSA) is 76.9 Å². The second kappa shape index (κ2) is 5.44. The van der Waals surface area contributed by atoms with Crippen molar-refractivity contribution in [3.63, 3.8) is 0 Å². The monoisotopic (exact) mass is 322 g/mol. The minimum atomic E-state index is -0.0345. The number of nitrogen functional groups attached to an aromatic ring is 1. The van der Waals surface area contributed by atoms with Crippen molar-refractivity contribution in [3.05, 3.63) is 45.6 Å². The standard InChI is InChI=1S/C13H15BrN4O/c1-8-11(12(15)16)13(18(2)17-8)19-7-9-5-3-4-6-10(9)14/h3-6H,7H2,1-2H3,(H3,15,16). The van der Waals surface area contributed by atoms with E-state index >= 15 is 0 Å². The third kappa shape index (κ3) is 2.78. The predicted octanol–water partition coefficient (Wildman–Crippen LogP) is 2.35. The second-order valence-corrected chi connectivity index (χ2v) is 5.04. The Morgan fingerprint density at radius 2 is 2.16 bits per heavy atom. The molecule has 0 aliphatic heterocycles. The van der Waals surface area contributed by atoms with Gasteiger partial charge in [0.2, 0.25) is 5.88 Å². The maximum Gasteiger partial charge on any atom is 0.223 e. The molecule has 0 atom stereocenters. The fraction of sp³-hybridized carbons (Fsp3) is 0.231. The Bertz CT molecular complexity index is 621. The summed E-state index contributed by atoms with van der Waals surface area (Å²) in [5, 5.41) is 11.8. The molecule has 1 heterocycles. The van der Waals surface area contributed by atoms with Crippen molar-refractivity contribution >= 4 is 21.8 Å². The third-order valence-corrected chi connectivity index (χ3v) is 3.53. The molecule has 0 fully saturated rings. The summed E-state index contributed by atoms with van der Waals surface area (Å²) in [6, 6.07) is 7.83. The van der Waals surface area contributed by atoms with Crippen LogP contribution in [0.15, 0.2) is 28.7 Å². The van der Waals surface area contributed by atoms with Crippen LogP contribution in [0.4, 0.5) is 0 Å². The SMILES string of the molecule is Cc1nn(C)c(OCc2ccccc2Br)c1C(=N)N. The number of aromatic nitrogens is 2. The molecule has 0 aliphatic rings. The highest BCUT2D eigenvalue weighted by Crippen LogP contribution is 2.23. The van der Waals surface area contributed by atoms with Crippen LogP contribution in [-0.4, -0.2) is 15.6 Å². The summed E-state index contributed by atoms with van der Waals surface area (Å²) in [5.41, 5.74) is 7.83. The van der Waals surface area contributed by atoms with E-state index in [1.54, 1.807) is 11.7 Å². The number of halogens is 1. The maximum atomic E-state index is 7.59. The van der Waals surface area contributed by atoms with Crippen molar-refractivity contribution in [2.24, 2.45) is 12.8 Å². The van der Waals surface area contributed by atoms with Gasteiger partial charge in [-0.3, -0.25) is 5.41 Å². The molecule has 2 rings (SSSR count). The number of ether oxygens (including phenoxy) is 1. The first kappa shape index (κ1) is 13.6. The number of nitrogens with zero attached hydrogens (tertiary/aromatic N) is 2. The molecule has 0 amide bonds. The highest BCUT2D eigenvalue weighted by Gasteiger charge is 2.17. The number of nitrogens with one attached hydrogen (secondary N) is 1. The van der Waals surface area contributed by atoms with Crippen LogP contribution in [0.25, 0.3) is 0 Å². The number of hydrogen-bond donors (Lipinski definition) is 2. The van der Waals surface area contributed by atoms with Gasteiger partial charge in [-0.15, -0.1) is 0 Å². The van der Waals surface area contributed by atoms with Gasteiger partial charge in [-0.2, -0.15) is 5.10 Å². The van der Waals surface area contributed by atoms with Crippen molar-refractivity contribution < 1.29 is 4.74 Å². The Balaban J connectivity index is 2.25. The first-order valence-electron chi connectivity index (χ1n) is 5.75. The molecular formula is C13H15BrN4O. The summed E-state index contributed by atoms with van der Waals surface area (Å²) in [6.07, 6.45) is 0. The molecule has 0 unspecified atom stereocenters. The van der Waals surface area contributed by atoms with E-state index in [0.717, 1.165) is 10.0 Å². The second-order valence-electron chi connectivity index (χ2n) is 4.18. The summed E-state index contributed by atoms with van der Waals surface area (Å²) in [7, 11) is 1.77. The number of hydrogen-bond acceptors (Lipinski definition) is 3. The van der Waals surface area contributed by atoms with Crippen LogP contribution in [0.5, 0.6) is 5.88 Å². The molecule has 6 heteroatoms. The zero-order valence-corrected chi connectivity index (χ0v) is 12.4. The maximum absolute atomic E-state index is 7.59. The lowest BCUT2D eigenvalue weighted by Crippen LogP contribution is -2.14. The van der Waals surface area contributed by atoms with Gasteiger partial charge in [0, 0.05) is 17.1 Å². The van der Waals surface area contributed by atoms with Crippen LogP contribution in [0.1, 0.15) is 16.8 Å². The van der Waals surface area contributed by atoms with Crippen molar-refractivity contribution in [2.45, 2.75) is 13.5 Å². The number of benzene rings is 1. The smallest absolute Gasteiger partial charge is 0.223 e. The van der Waals surface area contributed by atoms with Gasteiger partial charge >= 0.3 is 0 Å². The predicted molar refractivity (Wildman–Crippen MR) is 77.4 cm³/mol. The quantitative estimate of drug-likeness (QED) is 0.670. The summed E-state index contributed by atoms with van der Waals surface area (Å²) in [4.78, 5) is 0. The third-order valence-electron chi connectivity index (χ3n) is 2.76. The van der Waals surface area contributed by atoms with Gasteiger partial charge < -0.3 is 10.5 Å². The lowest BCUT2D eigenvalue weighted by Gasteiger charge is -2.09. The van der Waals surface area contributed by atoms with E-state index in [2.05, 4.69) is 21.0 Å². The average Bonchev–Trinajstić information content (AvgIpc) is 2.63. The van der Waals surface area contributed by atoms with Gasteiger partial charge in [0.15, 0.2) is 0 Å². The zero-order chi connectivity index (χ0) is 14.0. The van der Waals surface area contributed by atoms with Crippen molar-refractivity contribution in [2.75, 3.05) is 0 Å². The minimum absolute atomic E-state index is 0.0345. The summed E-state index contributed by atoms with van der Waals surface area (Å²) < 4.78 is 8.35. The fourth-order valence-corrected chi connectivity index (χ4v) is 2.27. The molecule has 0 radical (unpaired) electrons. The zero-order valence-electron chi connectivity index (χ0n) is 10.8. The van der Waals surface area contributed by atoms with Crippen molar-refractivity contribution in [3.8, 4) is 5.88 Å². The summed E-state index contributed by atoms with van der Waals surface area (Å²) in [5.74, 6) is 0.480. The molecule has 0 saturated carbocycles. The Morgan fingerprint density at radius 3 is 2.79 bits per heavy atom. The summed E-state index contributed by atoms with van der Waals surface area (Å²) >= 11 is 3.47. The highest BCUT2D eigenvalue weighted by molar-refractivity contribution is 9.10. The van der Waals surface area contributed by atoms with E-state index in [4.69, 9.17) is 15.9 Å². The van der Waals surface area contributed by atoms with Crippen LogP contribution in [-0.2, 0) is 13.7 Å². The van der Waals surface area contributed by atoms with E-state index < -0.39 is 0 Å². The summed E-state index contributed by atoms with van der Waals surface area (Å²) in [6.45, 7) is 2.20. The number of amidine groups is 1. The molecule has 0 bridgehead atoms. The van der Waals surface area contributed by atoms with E-state index in [9.17, 15) is 0 Å². The molecule has 2 aromatic rings. The molecule has 1 aromatic carbocycles. The molecule has 100 valence electrons. The minimum Gasteiger partial charge on any atom is -0.472 e. The first-order valence-corrected chi connectivity index (χ1v) is 6.54. The number of nitrogens with two attached hydrogens (primary N) is 1. The average molecular weight is 323 g/mol. The lowest BCUT2D eigenvalue weighted by atomic mass is 10.2. The van der Waals surface area contributed by atoms with Crippen LogP contribution in [0.2, 0.25) is 0 Å². The van der Waals surface area contributed by atoms with E-state index in [-0.39, 0.29) is 5.84 Å². The Kier molecular flexibility index (Phi) is 3.90. The van der Waals surface area contributed by atoms with Crippen LogP contribution in [0, 0.1) is 12.3 Å². The van der Waals surface area contributed by atoms with Crippen LogP contribution >= 0.6 is 15.9 Å². The normalized spacial score (nSPS) is 10.5.